The summed E-state index contributed by atoms with van der Waals surface area (Å²) in [6.45, 7) is 3.46. The number of ether oxygens (including phenoxy) is 2. The van der Waals surface area contributed by atoms with Gasteiger partial charge in [-0.25, -0.2) is 8.42 Å². The zero-order chi connectivity index (χ0) is 22.6. The Bertz CT molecular complexity index is 1190. The number of aromatic nitrogens is 2. The molecule has 0 saturated heterocycles. The molecule has 2 aromatic carbocycles. The van der Waals surface area contributed by atoms with Crippen molar-refractivity contribution in [3.63, 3.8) is 0 Å². The van der Waals surface area contributed by atoms with E-state index in [2.05, 4.69) is 20.0 Å². The fraction of sp³-hybridized carbons (Fsp3) is 0.190. The predicted octanol–water partition coefficient (Wildman–Crippen LogP) is 3.76. The quantitative estimate of drug-likeness (QED) is 0.592. The van der Waals surface area contributed by atoms with E-state index < -0.39 is 10.0 Å². The zero-order valence-electron chi connectivity index (χ0n) is 17.4. The molecule has 10 heteroatoms. The van der Waals surface area contributed by atoms with Crippen molar-refractivity contribution in [2.24, 2.45) is 0 Å². The number of benzene rings is 2. The van der Waals surface area contributed by atoms with Crippen LogP contribution >= 0.6 is 0 Å². The second kappa shape index (κ2) is 9.00. The van der Waals surface area contributed by atoms with Crippen molar-refractivity contribution in [3.8, 4) is 11.5 Å². The van der Waals surface area contributed by atoms with Crippen LogP contribution < -0.4 is 14.8 Å². The lowest BCUT2D eigenvalue weighted by atomic mass is 10.2. The van der Waals surface area contributed by atoms with Gasteiger partial charge in [0.1, 0.15) is 0 Å². The largest absolute Gasteiger partial charge is 0.493 e. The van der Waals surface area contributed by atoms with Crippen LogP contribution in [0.2, 0.25) is 0 Å². The van der Waals surface area contributed by atoms with Gasteiger partial charge in [-0.3, -0.25) is 9.52 Å². The molecule has 0 aliphatic heterocycles. The smallest absolute Gasteiger partial charge is 0.255 e. The summed E-state index contributed by atoms with van der Waals surface area (Å²) in [4.78, 5) is 20.5. The average molecular weight is 441 g/mol. The van der Waals surface area contributed by atoms with Crippen molar-refractivity contribution < 1.29 is 22.7 Å². The van der Waals surface area contributed by atoms with Gasteiger partial charge in [0.05, 0.1) is 19.1 Å². The lowest BCUT2D eigenvalue weighted by molar-refractivity contribution is 0.102. The molecule has 9 nitrogen and oxygen atoms in total. The lowest BCUT2D eigenvalue weighted by Gasteiger charge is -2.15. The van der Waals surface area contributed by atoms with E-state index >= 15 is 0 Å². The molecule has 0 aliphatic rings. The number of nitrogens with zero attached hydrogens (tertiary/aromatic N) is 3. The number of anilines is 1. The monoisotopic (exact) mass is 441 g/mol. The summed E-state index contributed by atoms with van der Waals surface area (Å²) in [7, 11) is -1.02. The van der Waals surface area contributed by atoms with Gasteiger partial charge < -0.3 is 24.8 Å². The molecule has 0 bridgehead atoms. The minimum Gasteiger partial charge on any atom is -0.493 e. The van der Waals surface area contributed by atoms with Crippen molar-refractivity contribution in [1.82, 2.24) is 9.97 Å². The SMILES string of the molecule is COc1ccc(C(=O)Nc2ccc(S(=O)(=O)[N-]c3nc(C)cc(C)n3)cc2)cc1OC. The number of carbonyl (C=O) groups is 1. The van der Waals surface area contributed by atoms with Crippen LogP contribution in [-0.4, -0.2) is 38.5 Å². The van der Waals surface area contributed by atoms with E-state index in [1.54, 1.807) is 38.1 Å². The van der Waals surface area contributed by atoms with Crippen LogP contribution in [0.25, 0.3) is 4.72 Å². The fourth-order valence-electron chi connectivity index (χ4n) is 2.80. The third kappa shape index (κ3) is 5.28. The Balaban J connectivity index is 1.74. The predicted molar refractivity (Wildman–Crippen MR) is 116 cm³/mol. The van der Waals surface area contributed by atoms with Crippen molar-refractivity contribution >= 4 is 27.6 Å². The first-order valence-corrected chi connectivity index (χ1v) is 10.6. The number of hydrogen-bond acceptors (Lipinski definition) is 7. The molecule has 0 radical (unpaired) electrons. The number of sulfonamides is 1. The number of rotatable bonds is 7. The van der Waals surface area contributed by atoms with Crippen molar-refractivity contribution in [3.05, 3.63) is 70.2 Å². The molecule has 0 spiro atoms. The fourth-order valence-corrected chi connectivity index (χ4v) is 3.68. The van der Waals surface area contributed by atoms with Gasteiger partial charge >= 0.3 is 0 Å². The number of amides is 1. The van der Waals surface area contributed by atoms with Gasteiger partial charge in [0.2, 0.25) is 10.0 Å². The summed E-state index contributed by atoms with van der Waals surface area (Å²) >= 11 is 0. The summed E-state index contributed by atoms with van der Waals surface area (Å²) in [6, 6.07) is 12.2. The summed E-state index contributed by atoms with van der Waals surface area (Å²) in [6.07, 6.45) is 0. The van der Waals surface area contributed by atoms with Gasteiger partial charge in [-0.2, -0.15) is 0 Å². The highest BCUT2D eigenvalue weighted by Gasteiger charge is 2.14. The molecule has 0 saturated carbocycles. The highest BCUT2D eigenvalue weighted by molar-refractivity contribution is 7.94. The standard InChI is InChI=1S/C21H22N4O5S/c1-13-11-14(2)23-21(22-13)25-31(27,28)17-8-6-16(7-9-17)24-20(26)15-5-10-18(29-3)19(12-15)30-4/h5-12H,1-4H3,(H2,22,23,24,25,26)/p-1. The first-order valence-electron chi connectivity index (χ1n) is 9.15. The zero-order valence-corrected chi connectivity index (χ0v) is 18.2. The first kappa shape index (κ1) is 22.0. The molecule has 1 heterocycles. The molecule has 0 aliphatic carbocycles. The van der Waals surface area contributed by atoms with E-state index in [4.69, 9.17) is 9.47 Å². The van der Waals surface area contributed by atoms with Gasteiger partial charge in [-0.1, -0.05) is 6.07 Å². The summed E-state index contributed by atoms with van der Waals surface area (Å²) < 4.78 is 39.2. The van der Waals surface area contributed by atoms with Crippen LogP contribution in [0, 0.1) is 13.8 Å². The average Bonchev–Trinajstić information content (AvgIpc) is 2.72. The molecule has 3 aromatic rings. The lowest BCUT2D eigenvalue weighted by Crippen LogP contribution is -2.12. The molecule has 31 heavy (non-hydrogen) atoms. The Labute approximate surface area is 180 Å². The van der Waals surface area contributed by atoms with E-state index in [-0.39, 0.29) is 16.8 Å². The Morgan fingerprint density at radius 1 is 0.903 bits per heavy atom. The van der Waals surface area contributed by atoms with Crippen LogP contribution in [-0.2, 0) is 10.0 Å². The number of methoxy groups -OCH3 is 2. The van der Waals surface area contributed by atoms with Gasteiger partial charge in [0, 0.05) is 17.2 Å². The molecular weight excluding hydrogens is 420 g/mol. The maximum atomic E-state index is 12.6. The molecule has 0 atom stereocenters. The molecule has 1 N–H and O–H groups in total. The van der Waals surface area contributed by atoms with E-state index in [0.717, 1.165) is 0 Å². The van der Waals surface area contributed by atoms with E-state index in [1.807, 2.05) is 0 Å². The third-order valence-electron chi connectivity index (χ3n) is 4.23. The Hall–Kier alpha value is -3.66. The van der Waals surface area contributed by atoms with Gasteiger partial charge in [-0.05, 0) is 67.7 Å². The van der Waals surface area contributed by atoms with Crippen LogP contribution in [0.15, 0.2) is 53.4 Å². The van der Waals surface area contributed by atoms with Gasteiger partial charge in [-0.15, -0.1) is 0 Å². The molecule has 0 fully saturated rings. The highest BCUT2D eigenvalue weighted by Crippen LogP contribution is 2.28. The highest BCUT2D eigenvalue weighted by atomic mass is 32.2. The molecule has 0 unspecified atom stereocenters. The first-order chi connectivity index (χ1) is 14.7. The minimum absolute atomic E-state index is 0.0422. The minimum atomic E-state index is -4.00. The number of nitrogens with one attached hydrogen (secondary N) is 1. The van der Waals surface area contributed by atoms with Crippen molar-refractivity contribution in [2.75, 3.05) is 19.5 Å². The molecule has 1 aromatic heterocycles. The van der Waals surface area contributed by atoms with E-state index in [1.165, 1.54) is 38.5 Å². The maximum absolute atomic E-state index is 12.6. The second-order valence-corrected chi connectivity index (χ2v) is 8.17. The third-order valence-corrected chi connectivity index (χ3v) is 5.50. The van der Waals surface area contributed by atoms with Crippen molar-refractivity contribution in [1.29, 1.82) is 0 Å². The maximum Gasteiger partial charge on any atom is 0.255 e. The van der Waals surface area contributed by atoms with E-state index in [9.17, 15) is 13.2 Å². The summed E-state index contributed by atoms with van der Waals surface area (Å²) in [5.74, 6) is 0.421. The number of carbonyl (C=O) groups excluding carboxylic acids is 1. The van der Waals surface area contributed by atoms with Crippen LogP contribution in [0.1, 0.15) is 21.7 Å². The molecule has 162 valence electrons. The summed E-state index contributed by atoms with van der Waals surface area (Å²) in [5.41, 5.74) is 2.02. The molecule has 1 amide bonds. The van der Waals surface area contributed by atoms with Gasteiger partial charge in [0.25, 0.3) is 5.91 Å². The second-order valence-electron chi connectivity index (χ2n) is 6.57. The Morgan fingerprint density at radius 3 is 2.10 bits per heavy atom. The van der Waals surface area contributed by atoms with Crippen molar-refractivity contribution in [2.45, 2.75) is 18.7 Å². The topological polar surface area (TPSA) is 122 Å². The summed E-state index contributed by atoms with van der Waals surface area (Å²) in [5, 5.41) is 2.70. The Morgan fingerprint density at radius 2 is 1.52 bits per heavy atom. The van der Waals surface area contributed by atoms with Gasteiger partial charge in [0.15, 0.2) is 11.5 Å². The normalized spacial score (nSPS) is 11.0. The number of aryl methyl sites for hydroxylation is 2. The van der Waals surface area contributed by atoms with Crippen LogP contribution in [0.5, 0.6) is 11.5 Å². The molecule has 3 rings (SSSR count). The molecular formula is C21H21N4O5S-. The van der Waals surface area contributed by atoms with Crippen LogP contribution in [0.4, 0.5) is 11.6 Å². The van der Waals surface area contributed by atoms with Crippen LogP contribution in [0.3, 0.4) is 0 Å². The number of hydrogen-bond donors (Lipinski definition) is 1. The Kier molecular flexibility index (Phi) is 6.40. The van der Waals surface area contributed by atoms with E-state index in [0.29, 0.717) is 34.1 Å².